The lowest BCUT2D eigenvalue weighted by Gasteiger charge is -2.29. The third-order valence-electron chi connectivity index (χ3n) is 5.21. The smallest absolute Gasteiger partial charge is 0.0591 e. The molecule has 0 spiro atoms. The summed E-state index contributed by atoms with van der Waals surface area (Å²) in [6.45, 7) is 1.09. The van der Waals surface area contributed by atoms with Crippen LogP contribution in [0.15, 0.2) is 29.2 Å². The van der Waals surface area contributed by atoms with Crippen molar-refractivity contribution in [3.05, 3.63) is 39.7 Å². The molecule has 0 radical (unpaired) electrons. The summed E-state index contributed by atoms with van der Waals surface area (Å²) in [5, 5.41) is 4.18. The molecule has 0 N–H and O–H groups in total. The van der Waals surface area contributed by atoms with Crippen LogP contribution in [0.1, 0.15) is 31.2 Å². The molecule has 2 aromatic rings. The van der Waals surface area contributed by atoms with E-state index in [4.69, 9.17) is 11.6 Å². The zero-order valence-electron chi connectivity index (χ0n) is 13.2. The van der Waals surface area contributed by atoms with Gasteiger partial charge in [-0.3, -0.25) is 0 Å². The number of likely N-dealkylation sites (N-methyl/N-ethyl adjacent to an activating group) is 1. The first-order valence-corrected chi connectivity index (χ1v) is 9.41. The van der Waals surface area contributed by atoms with Crippen molar-refractivity contribution in [2.75, 3.05) is 20.6 Å². The van der Waals surface area contributed by atoms with Crippen LogP contribution < -0.4 is 0 Å². The SMILES string of the molecule is CN(C)CC1=C(c2ccc3scc(Cl)c3c2)[C@H]2CC[C@@H](C1)C2. The van der Waals surface area contributed by atoms with E-state index in [2.05, 4.69) is 42.6 Å². The number of fused-ring (bicyclic) bond motifs is 3. The molecular weight excluding hydrogens is 310 g/mol. The monoisotopic (exact) mass is 331 g/mol. The third kappa shape index (κ3) is 2.51. The summed E-state index contributed by atoms with van der Waals surface area (Å²) >= 11 is 8.11. The van der Waals surface area contributed by atoms with Gasteiger partial charge in [-0.25, -0.2) is 0 Å². The molecule has 1 aromatic heterocycles. The molecule has 1 saturated carbocycles. The van der Waals surface area contributed by atoms with Crippen molar-refractivity contribution >= 4 is 38.6 Å². The first kappa shape index (κ1) is 14.7. The number of hydrogen-bond donors (Lipinski definition) is 0. The fraction of sp³-hybridized carbons (Fsp3) is 0.474. The maximum atomic E-state index is 6.37. The van der Waals surface area contributed by atoms with Gasteiger partial charge in [0, 0.05) is 22.0 Å². The van der Waals surface area contributed by atoms with Crippen LogP contribution in [-0.2, 0) is 0 Å². The van der Waals surface area contributed by atoms with E-state index in [9.17, 15) is 0 Å². The number of benzene rings is 1. The van der Waals surface area contributed by atoms with Gasteiger partial charge in [-0.05, 0) is 74.9 Å². The van der Waals surface area contributed by atoms with Gasteiger partial charge in [0.1, 0.15) is 0 Å². The summed E-state index contributed by atoms with van der Waals surface area (Å²) in [4.78, 5) is 2.32. The van der Waals surface area contributed by atoms with E-state index in [1.54, 1.807) is 22.5 Å². The van der Waals surface area contributed by atoms with Crippen molar-refractivity contribution in [3.8, 4) is 0 Å². The van der Waals surface area contributed by atoms with Crippen LogP contribution in [0.4, 0.5) is 0 Å². The highest BCUT2D eigenvalue weighted by Gasteiger charge is 2.35. The van der Waals surface area contributed by atoms with Crippen LogP contribution in [0.3, 0.4) is 0 Å². The fourth-order valence-corrected chi connectivity index (χ4v) is 5.55. The van der Waals surface area contributed by atoms with Gasteiger partial charge in [0.15, 0.2) is 0 Å². The number of hydrogen-bond acceptors (Lipinski definition) is 2. The Labute approximate surface area is 141 Å². The molecule has 116 valence electrons. The number of rotatable bonds is 3. The Bertz CT molecular complexity index is 743. The fourth-order valence-electron chi connectivity index (χ4n) is 4.41. The largest absolute Gasteiger partial charge is 0.305 e. The standard InChI is InChI=1S/C19H22ClNS/c1-21(2)10-15-8-12-3-4-13(7-12)19(15)14-5-6-18-16(9-14)17(20)11-22-18/h5-6,9,11-13H,3-4,7-8,10H2,1-2H3/t12-,13+/m1/s1. The van der Waals surface area contributed by atoms with Gasteiger partial charge >= 0.3 is 0 Å². The first-order chi connectivity index (χ1) is 10.6. The summed E-state index contributed by atoms with van der Waals surface area (Å²) in [7, 11) is 4.36. The lowest BCUT2D eigenvalue weighted by Crippen LogP contribution is -2.21. The van der Waals surface area contributed by atoms with E-state index in [-0.39, 0.29) is 0 Å². The number of thiophene rings is 1. The average Bonchev–Trinajstić information content (AvgIpc) is 3.03. The van der Waals surface area contributed by atoms with E-state index in [1.807, 2.05) is 0 Å². The van der Waals surface area contributed by atoms with Crippen molar-refractivity contribution in [3.63, 3.8) is 0 Å². The van der Waals surface area contributed by atoms with Crippen LogP contribution in [0.2, 0.25) is 5.02 Å². The second kappa shape index (κ2) is 5.67. The molecule has 2 aliphatic carbocycles. The lowest BCUT2D eigenvalue weighted by molar-refractivity contribution is 0.413. The Morgan fingerprint density at radius 1 is 1.27 bits per heavy atom. The van der Waals surface area contributed by atoms with E-state index >= 15 is 0 Å². The topological polar surface area (TPSA) is 3.24 Å². The van der Waals surface area contributed by atoms with Crippen LogP contribution in [0.25, 0.3) is 15.7 Å². The molecule has 3 heteroatoms. The van der Waals surface area contributed by atoms with Gasteiger partial charge < -0.3 is 4.90 Å². The highest BCUT2D eigenvalue weighted by Crippen LogP contribution is 2.49. The van der Waals surface area contributed by atoms with Gasteiger partial charge in [-0.15, -0.1) is 11.3 Å². The molecule has 0 unspecified atom stereocenters. The number of halogens is 1. The number of nitrogens with zero attached hydrogens (tertiary/aromatic N) is 1. The molecule has 1 fully saturated rings. The van der Waals surface area contributed by atoms with Crippen molar-refractivity contribution in [2.45, 2.75) is 25.7 Å². The summed E-state index contributed by atoms with van der Waals surface area (Å²) in [6.07, 6.45) is 5.46. The van der Waals surface area contributed by atoms with E-state index in [0.717, 1.165) is 23.4 Å². The van der Waals surface area contributed by atoms with Gasteiger partial charge in [0.05, 0.1) is 5.02 Å². The lowest BCUT2D eigenvalue weighted by atomic mass is 9.79. The number of allylic oxidation sites excluding steroid dienone is 1. The van der Waals surface area contributed by atoms with Crippen molar-refractivity contribution in [1.29, 1.82) is 0 Å². The van der Waals surface area contributed by atoms with Gasteiger partial charge in [0.2, 0.25) is 0 Å². The minimum Gasteiger partial charge on any atom is -0.305 e. The van der Waals surface area contributed by atoms with Gasteiger partial charge in [-0.1, -0.05) is 23.2 Å². The Balaban J connectivity index is 1.84. The summed E-state index contributed by atoms with van der Waals surface area (Å²) in [5.41, 5.74) is 4.70. The zero-order chi connectivity index (χ0) is 15.3. The Hall–Kier alpha value is -0.830. The van der Waals surface area contributed by atoms with Crippen LogP contribution in [0, 0.1) is 11.8 Å². The van der Waals surface area contributed by atoms with E-state index in [1.165, 1.54) is 41.3 Å². The van der Waals surface area contributed by atoms with Crippen LogP contribution in [0.5, 0.6) is 0 Å². The molecule has 0 saturated heterocycles. The minimum atomic E-state index is 0.767. The quantitative estimate of drug-likeness (QED) is 0.698. The predicted octanol–water partition coefficient (Wildman–Crippen LogP) is 5.69. The summed E-state index contributed by atoms with van der Waals surface area (Å²) < 4.78 is 1.30. The van der Waals surface area contributed by atoms with Crippen LogP contribution >= 0.6 is 22.9 Å². The van der Waals surface area contributed by atoms with Gasteiger partial charge in [0.25, 0.3) is 0 Å². The molecule has 2 atom stereocenters. The summed E-state index contributed by atoms with van der Waals surface area (Å²) in [6, 6.07) is 6.90. The van der Waals surface area contributed by atoms with Gasteiger partial charge in [-0.2, -0.15) is 0 Å². The maximum Gasteiger partial charge on any atom is 0.0591 e. The molecule has 2 bridgehead atoms. The Kier molecular flexibility index (Phi) is 3.80. The predicted molar refractivity (Wildman–Crippen MR) is 97.8 cm³/mol. The molecule has 4 rings (SSSR count). The molecule has 0 aliphatic heterocycles. The molecule has 2 aliphatic rings. The average molecular weight is 332 g/mol. The van der Waals surface area contributed by atoms with Crippen molar-refractivity contribution < 1.29 is 0 Å². The van der Waals surface area contributed by atoms with Crippen LogP contribution in [-0.4, -0.2) is 25.5 Å². The molecular formula is C19H22ClNS. The molecule has 1 nitrogen and oxygen atoms in total. The zero-order valence-corrected chi connectivity index (χ0v) is 14.8. The molecule has 22 heavy (non-hydrogen) atoms. The minimum absolute atomic E-state index is 0.767. The molecule has 1 heterocycles. The normalized spacial score (nSPS) is 24.7. The second-order valence-electron chi connectivity index (χ2n) is 7.13. The molecule has 0 amide bonds. The van der Waals surface area contributed by atoms with E-state index < -0.39 is 0 Å². The summed E-state index contributed by atoms with van der Waals surface area (Å²) in [5.74, 6) is 1.70. The second-order valence-corrected chi connectivity index (χ2v) is 8.45. The Morgan fingerprint density at radius 2 is 2.14 bits per heavy atom. The van der Waals surface area contributed by atoms with Crippen molar-refractivity contribution in [1.82, 2.24) is 4.90 Å². The maximum absolute atomic E-state index is 6.37. The molecule has 1 aromatic carbocycles. The Morgan fingerprint density at radius 3 is 2.95 bits per heavy atom. The van der Waals surface area contributed by atoms with E-state index in [0.29, 0.717) is 0 Å². The first-order valence-electron chi connectivity index (χ1n) is 8.15. The van der Waals surface area contributed by atoms with Crippen molar-refractivity contribution in [2.24, 2.45) is 11.8 Å². The highest BCUT2D eigenvalue weighted by molar-refractivity contribution is 7.17. The highest BCUT2D eigenvalue weighted by atomic mass is 35.5. The third-order valence-corrected chi connectivity index (χ3v) is 6.62.